The van der Waals surface area contributed by atoms with Gasteiger partial charge in [-0.3, -0.25) is 0 Å². The minimum Gasteiger partial charge on any atom is -0.397 e. The normalized spacial score (nSPS) is 20.1. The molecular weight excluding hydrogens is 245 g/mol. The van der Waals surface area contributed by atoms with Crippen molar-refractivity contribution < 1.29 is 17.9 Å². The second-order valence-corrected chi connectivity index (χ2v) is 4.40. The minimum atomic E-state index is -4.36. The van der Waals surface area contributed by atoms with Gasteiger partial charge in [-0.2, -0.15) is 13.2 Å². The smallest absolute Gasteiger partial charge is 0.397 e. The predicted molar refractivity (Wildman–Crippen MR) is 63.5 cm³/mol. The number of ether oxygens (including phenoxy) is 1. The lowest BCUT2D eigenvalue weighted by molar-refractivity contribution is -0.137. The van der Waals surface area contributed by atoms with Gasteiger partial charge in [-0.1, -0.05) is 0 Å². The summed E-state index contributed by atoms with van der Waals surface area (Å²) in [5.41, 5.74) is 5.73. The maximum absolute atomic E-state index is 12.5. The third-order valence-corrected chi connectivity index (χ3v) is 3.19. The minimum absolute atomic E-state index is 0.138. The number of nitrogen functional groups attached to an aromatic ring is 1. The van der Waals surface area contributed by atoms with Gasteiger partial charge in [-0.05, 0) is 24.6 Å². The molecule has 2 rings (SSSR count). The number of anilines is 2. The molecule has 1 heterocycles. The topological polar surface area (TPSA) is 38.5 Å². The summed E-state index contributed by atoms with van der Waals surface area (Å²) >= 11 is 0. The number of likely N-dealkylation sites (N-methyl/N-ethyl adjacent to an activating group) is 1. The van der Waals surface area contributed by atoms with E-state index in [-0.39, 0.29) is 11.7 Å². The predicted octanol–water partition coefficient (Wildman–Crippen LogP) is 2.51. The van der Waals surface area contributed by atoms with Crippen LogP contribution in [0.4, 0.5) is 24.5 Å². The van der Waals surface area contributed by atoms with E-state index in [1.165, 1.54) is 6.07 Å². The van der Waals surface area contributed by atoms with Crippen LogP contribution in [0.2, 0.25) is 0 Å². The fourth-order valence-electron chi connectivity index (χ4n) is 2.08. The zero-order valence-corrected chi connectivity index (χ0v) is 10.00. The number of nitrogens with zero attached hydrogens (tertiary/aromatic N) is 1. The van der Waals surface area contributed by atoms with E-state index in [1.807, 2.05) is 11.9 Å². The summed E-state index contributed by atoms with van der Waals surface area (Å²) in [4.78, 5) is 1.88. The molecule has 2 N–H and O–H groups in total. The number of rotatable bonds is 2. The first-order chi connectivity index (χ1) is 8.39. The molecule has 100 valence electrons. The second-order valence-electron chi connectivity index (χ2n) is 4.40. The number of hydrogen-bond acceptors (Lipinski definition) is 3. The average molecular weight is 260 g/mol. The lowest BCUT2D eigenvalue weighted by atomic mass is 10.1. The lowest BCUT2D eigenvalue weighted by Gasteiger charge is -2.27. The molecule has 1 fully saturated rings. The Kier molecular flexibility index (Phi) is 3.38. The van der Waals surface area contributed by atoms with Crippen LogP contribution < -0.4 is 10.6 Å². The van der Waals surface area contributed by atoms with Crippen molar-refractivity contribution in [3.63, 3.8) is 0 Å². The van der Waals surface area contributed by atoms with Gasteiger partial charge in [0.2, 0.25) is 0 Å². The van der Waals surface area contributed by atoms with Crippen molar-refractivity contribution in [3.05, 3.63) is 23.8 Å². The Bertz CT molecular complexity index is 428. The summed E-state index contributed by atoms with van der Waals surface area (Å²) in [6.45, 7) is 1.26. The molecule has 1 aromatic rings. The fourth-order valence-corrected chi connectivity index (χ4v) is 2.08. The Balaban J connectivity index is 2.24. The molecule has 0 aliphatic carbocycles. The SMILES string of the molecule is CN(c1ccc(C(F)(F)F)cc1N)C1CCOC1. The number of alkyl halides is 3. The van der Waals surface area contributed by atoms with E-state index >= 15 is 0 Å². The van der Waals surface area contributed by atoms with Crippen molar-refractivity contribution in [1.29, 1.82) is 0 Å². The highest BCUT2D eigenvalue weighted by atomic mass is 19.4. The Morgan fingerprint density at radius 2 is 2.11 bits per heavy atom. The third kappa shape index (κ3) is 2.53. The fraction of sp³-hybridized carbons (Fsp3) is 0.500. The summed E-state index contributed by atoms with van der Waals surface area (Å²) < 4.78 is 42.8. The molecule has 1 aliphatic heterocycles. The first kappa shape index (κ1) is 13.0. The summed E-state index contributed by atoms with van der Waals surface area (Å²) in [6.07, 6.45) is -3.50. The van der Waals surface area contributed by atoms with E-state index in [0.29, 0.717) is 18.9 Å². The van der Waals surface area contributed by atoms with Gasteiger partial charge >= 0.3 is 6.18 Å². The molecule has 6 heteroatoms. The molecule has 18 heavy (non-hydrogen) atoms. The highest BCUT2D eigenvalue weighted by molar-refractivity contribution is 5.68. The van der Waals surface area contributed by atoms with Gasteiger partial charge in [0, 0.05) is 13.7 Å². The molecule has 1 saturated heterocycles. The van der Waals surface area contributed by atoms with Crippen LogP contribution in [0.1, 0.15) is 12.0 Å². The van der Waals surface area contributed by atoms with Crippen molar-refractivity contribution in [3.8, 4) is 0 Å². The molecular formula is C12H15F3N2O. The van der Waals surface area contributed by atoms with Crippen LogP contribution in [0.25, 0.3) is 0 Å². The van der Waals surface area contributed by atoms with Crippen LogP contribution in [-0.2, 0) is 10.9 Å². The van der Waals surface area contributed by atoms with E-state index in [1.54, 1.807) is 0 Å². The van der Waals surface area contributed by atoms with Crippen LogP contribution >= 0.6 is 0 Å². The van der Waals surface area contributed by atoms with Crippen LogP contribution in [0.15, 0.2) is 18.2 Å². The van der Waals surface area contributed by atoms with Gasteiger partial charge in [0.05, 0.1) is 29.6 Å². The number of benzene rings is 1. The number of hydrogen-bond donors (Lipinski definition) is 1. The first-order valence-corrected chi connectivity index (χ1v) is 5.67. The summed E-state index contributed by atoms with van der Waals surface area (Å²) in [6, 6.07) is 3.61. The largest absolute Gasteiger partial charge is 0.416 e. The van der Waals surface area contributed by atoms with Gasteiger partial charge in [0.15, 0.2) is 0 Å². The molecule has 1 aliphatic rings. The summed E-state index contributed by atoms with van der Waals surface area (Å²) in [5.74, 6) is 0. The van der Waals surface area contributed by atoms with Gasteiger partial charge in [-0.25, -0.2) is 0 Å². The second kappa shape index (κ2) is 4.68. The highest BCUT2D eigenvalue weighted by Crippen LogP contribution is 2.34. The highest BCUT2D eigenvalue weighted by Gasteiger charge is 2.31. The van der Waals surface area contributed by atoms with Gasteiger partial charge in [-0.15, -0.1) is 0 Å². The molecule has 0 aromatic heterocycles. The standard InChI is InChI=1S/C12H15F3N2O/c1-17(9-4-5-18-7-9)11-3-2-8(6-10(11)16)12(13,14)15/h2-3,6,9H,4-5,7,16H2,1H3. The molecule has 0 spiro atoms. The van der Waals surface area contributed by atoms with Gasteiger partial charge in [0.1, 0.15) is 0 Å². The quantitative estimate of drug-likeness (QED) is 0.830. The number of halogens is 3. The Morgan fingerprint density at radius 3 is 2.61 bits per heavy atom. The van der Waals surface area contributed by atoms with E-state index < -0.39 is 11.7 Å². The Morgan fingerprint density at radius 1 is 1.39 bits per heavy atom. The van der Waals surface area contributed by atoms with Crippen molar-refractivity contribution in [1.82, 2.24) is 0 Å². The molecule has 0 bridgehead atoms. The molecule has 0 saturated carbocycles. The molecule has 0 radical (unpaired) electrons. The zero-order valence-electron chi connectivity index (χ0n) is 10.00. The number of nitrogens with two attached hydrogens (primary N) is 1. The van der Waals surface area contributed by atoms with E-state index in [0.717, 1.165) is 18.6 Å². The van der Waals surface area contributed by atoms with E-state index in [9.17, 15) is 13.2 Å². The summed E-state index contributed by atoms with van der Waals surface area (Å²) in [5, 5.41) is 0. The zero-order chi connectivity index (χ0) is 13.3. The lowest BCUT2D eigenvalue weighted by Crippen LogP contribution is -2.32. The van der Waals surface area contributed by atoms with E-state index in [4.69, 9.17) is 10.5 Å². The molecule has 1 unspecified atom stereocenters. The maximum atomic E-state index is 12.5. The first-order valence-electron chi connectivity index (χ1n) is 5.67. The van der Waals surface area contributed by atoms with Crippen molar-refractivity contribution in [2.45, 2.75) is 18.6 Å². The van der Waals surface area contributed by atoms with Crippen LogP contribution in [-0.4, -0.2) is 26.3 Å². The average Bonchev–Trinajstić information content (AvgIpc) is 2.80. The third-order valence-electron chi connectivity index (χ3n) is 3.19. The van der Waals surface area contributed by atoms with Crippen LogP contribution in [0.3, 0.4) is 0 Å². The Labute approximate surface area is 103 Å². The van der Waals surface area contributed by atoms with Crippen molar-refractivity contribution >= 4 is 11.4 Å². The van der Waals surface area contributed by atoms with Crippen LogP contribution in [0, 0.1) is 0 Å². The Hall–Kier alpha value is -1.43. The molecule has 1 aromatic carbocycles. The summed E-state index contributed by atoms with van der Waals surface area (Å²) in [7, 11) is 1.82. The van der Waals surface area contributed by atoms with Crippen LogP contribution in [0.5, 0.6) is 0 Å². The van der Waals surface area contributed by atoms with Gasteiger partial charge in [0.25, 0.3) is 0 Å². The monoisotopic (exact) mass is 260 g/mol. The molecule has 3 nitrogen and oxygen atoms in total. The van der Waals surface area contributed by atoms with Crippen molar-refractivity contribution in [2.75, 3.05) is 30.9 Å². The molecule has 1 atom stereocenters. The van der Waals surface area contributed by atoms with Crippen molar-refractivity contribution in [2.24, 2.45) is 0 Å². The molecule has 0 amide bonds. The van der Waals surface area contributed by atoms with E-state index in [2.05, 4.69) is 0 Å². The van der Waals surface area contributed by atoms with Gasteiger partial charge < -0.3 is 15.4 Å². The maximum Gasteiger partial charge on any atom is 0.416 e.